The van der Waals surface area contributed by atoms with Crippen molar-refractivity contribution in [1.82, 2.24) is 0 Å². The second-order valence-electron chi connectivity index (χ2n) is 3.31. The van der Waals surface area contributed by atoms with E-state index < -0.39 is 0 Å². The first-order valence-corrected chi connectivity index (χ1v) is 6.86. The zero-order chi connectivity index (χ0) is 11.2. The molecule has 2 aromatic rings. The Balaban J connectivity index is 2.20. The first-order valence-electron chi connectivity index (χ1n) is 5.15. The molecule has 0 aliphatic carbocycles. The van der Waals surface area contributed by atoms with E-state index in [1.807, 2.05) is 19.2 Å². The zero-order valence-corrected chi connectivity index (χ0v) is 10.8. The molecular formula is C14H13NSe. The molecule has 1 nitrogen and oxygen atoms in total. The van der Waals surface area contributed by atoms with Gasteiger partial charge in [-0.15, -0.1) is 0 Å². The average Bonchev–Trinajstić information content (AvgIpc) is 2.38. The minimum atomic E-state index is 0.289. The Labute approximate surface area is 102 Å². The van der Waals surface area contributed by atoms with Gasteiger partial charge in [-0.1, -0.05) is 0 Å². The van der Waals surface area contributed by atoms with Gasteiger partial charge in [0.15, 0.2) is 0 Å². The van der Waals surface area contributed by atoms with E-state index in [2.05, 4.69) is 53.5 Å². The Morgan fingerprint density at radius 3 is 2.00 bits per heavy atom. The maximum absolute atomic E-state index is 4.40. The third-order valence-corrected chi connectivity index (χ3v) is 4.53. The molecule has 0 aromatic heterocycles. The van der Waals surface area contributed by atoms with Crippen molar-refractivity contribution in [2.75, 3.05) is 7.05 Å². The van der Waals surface area contributed by atoms with E-state index >= 15 is 0 Å². The van der Waals surface area contributed by atoms with Crippen molar-refractivity contribution in [2.24, 2.45) is 4.99 Å². The van der Waals surface area contributed by atoms with Gasteiger partial charge in [0.25, 0.3) is 0 Å². The molecule has 2 rings (SSSR count). The molecule has 0 atom stereocenters. The SMILES string of the molecule is CN=C([Se]c1ccccc1)c1ccccc1. The molecule has 0 amide bonds. The normalized spacial score (nSPS) is 11.4. The first-order chi connectivity index (χ1) is 7.90. The summed E-state index contributed by atoms with van der Waals surface area (Å²) < 4.78 is 2.55. The van der Waals surface area contributed by atoms with E-state index in [0.717, 1.165) is 0 Å². The van der Waals surface area contributed by atoms with Crippen LogP contribution >= 0.6 is 0 Å². The molecule has 0 N–H and O–H groups in total. The molecule has 0 unspecified atom stereocenters. The van der Waals surface area contributed by atoms with Gasteiger partial charge in [0.1, 0.15) is 0 Å². The van der Waals surface area contributed by atoms with Crippen molar-refractivity contribution >= 4 is 24.0 Å². The van der Waals surface area contributed by atoms with Gasteiger partial charge >= 0.3 is 102 Å². The number of nitrogens with zero attached hydrogens (tertiary/aromatic N) is 1. The van der Waals surface area contributed by atoms with E-state index in [4.69, 9.17) is 0 Å². The van der Waals surface area contributed by atoms with Crippen molar-refractivity contribution < 1.29 is 0 Å². The van der Waals surface area contributed by atoms with Crippen LogP contribution in [0.25, 0.3) is 0 Å². The molecule has 0 aliphatic rings. The molecular weight excluding hydrogens is 261 g/mol. The predicted molar refractivity (Wildman–Crippen MR) is 70.7 cm³/mol. The molecule has 0 saturated carbocycles. The van der Waals surface area contributed by atoms with Crippen LogP contribution in [-0.2, 0) is 0 Å². The fourth-order valence-electron chi connectivity index (χ4n) is 1.41. The summed E-state index contributed by atoms with van der Waals surface area (Å²) in [6.07, 6.45) is 0. The van der Waals surface area contributed by atoms with Crippen LogP contribution in [0.5, 0.6) is 0 Å². The van der Waals surface area contributed by atoms with E-state index in [9.17, 15) is 0 Å². The number of hydrogen-bond donors (Lipinski definition) is 0. The second-order valence-corrected chi connectivity index (χ2v) is 5.54. The third kappa shape index (κ3) is 2.82. The predicted octanol–water partition coefficient (Wildman–Crippen LogP) is 2.09. The number of aliphatic imine (C=N–C) groups is 1. The van der Waals surface area contributed by atoms with Gasteiger partial charge in [-0.05, 0) is 0 Å². The van der Waals surface area contributed by atoms with Gasteiger partial charge in [0.2, 0.25) is 0 Å². The molecule has 0 aliphatic heterocycles. The van der Waals surface area contributed by atoms with Gasteiger partial charge in [-0.3, -0.25) is 0 Å². The Hall–Kier alpha value is -1.37. The average molecular weight is 274 g/mol. The van der Waals surface area contributed by atoms with Crippen LogP contribution in [0.3, 0.4) is 0 Å². The summed E-state index contributed by atoms with van der Waals surface area (Å²) >= 11 is 0.289. The summed E-state index contributed by atoms with van der Waals surface area (Å²) in [5.41, 5.74) is 1.23. The van der Waals surface area contributed by atoms with Crippen LogP contribution in [0.2, 0.25) is 0 Å². The molecule has 80 valence electrons. The van der Waals surface area contributed by atoms with Crippen LogP contribution in [0.4, 0.5) is 0 Å². The van der Waals surface area contributed by atoms with Gasteiger partial charge < -0.3 is 0 Å². The summed E-state index contributed by atoms with van der Waals surface area (Å²) in [5, 5.41) is 0. The Morgan fingerprint density at radius 1 is 0.875 bits per heavy atom. The van der Waals surface area contributed by atoms with E-state index in [-0.39, 0.29) is 15.0 Å². The van der Waals surface area contributed by atoms with Crippen molar-refractivity contribution in [1.29, 1.82) is 0 Å². The Bertz CT molecular complexity index is 463. The van der Waals surface area contributed by atoms with Gasteiger partial charge in [0.05, 0.1) is 0 Å². The number of rotatable bonds is 3. The van der Waals surface area contributed by atoms with Crippen LogP contribution < -0.4 is 4.46 Å². The molecule has 0 heterocycles. The summed E-state index contributed by atoms with van der Waals surface area (Å²) in [7, 11) is 1.87. The van der Waals surface area contributed by atoms with Gasteiger partial charge in [-0.25, -0.2) is 0 Å². The topological polar surface area (TPSA) is 12.4 Å². The van der Waals surface area contributed by atoms with Crippen LogP contribution in [0, 0.1) is 0 Å². The third-order valence-electron chi connectivity index (χ3n) is 2.18. The maximum atomic E-state index is 4.40. The minimum absolute atomic E-state index is 0.289. The van der Waals surface area contributed by atoms with Crippen LogP contribution in [-0.4, -0.2) is 26.6 Å². The number of benzene rings is 2. The molecule has 0 spiro atoms. The van der Waals surface area contributed by atoms with E-state index in [1.54, 1.807) is 0 Å². The molecule has 2 aromatic carbocycles. The quantitative estimate of drug-likeness (QED) is 0.600. The fourth-order valence-corrected chi connectivity index (χ4v) is 3.22. The van der Waals surface area contributed by atoms with Gasteiger partial charge in [-0.2, -0.15) is 0 Å². The molecule has 0 radical (unpaired) electrons. The summed E-state index contributed by atoms with van der Waals surface area (Å²) in [4.78, 5) is 4.40. The van der Waals surface area contributed by atoms with Crippen LogP contribution in [0.1, 0.15) is 5.56 Å². The standard InChI is InChI=1S/C14H13NSe/c1-15-14(12-8-4-2-5-9-12)16-13-10-6-3-7-11-13/h2-11H,1H3. The molecule has 0 saturated heterocycles. The van der Waals surface area contributed by atoms with Crippen LogP contribution in [0.15, 0.2) is 65.7 Å². The summed E-state index contributed by atoms with van der Waals surface area (Å²) in [5.74, 6) is 0. The Kier molecular flexibility index (Phi) is 3.92. The zero-order valence-electron chi connectivity index (χ0n) is 9.13. The molecule has 16 heavy (non-hydrogen) atoms. The monoisotopic (exact) mass is 275 g/mol. The molecule has 0 fully saturated rings. The van der Waals surface area contributed by atoms with Crippen molar-refractivity contribution in [3.63, 3.8) is 0 Å². The fraction of sp³-hybridized carbons (Fsp3) is 0.0714. The van der Waals surface area contributed by atoms with Crippen molar-refractivity contribution in [3.8, 4) is 0 Å². The summed E-state index contributed by atoms with van der Waals surface area (Å²) in [6.45, 7) is 0. The van der Waals surface area contributed by atoms with Crippen molar-refractivity contribution in [3.05, 3.63) is 66.2 Å². The Morgan fingerprint density at radius 2 is 1.44 bits per heavy atom. The second kappa shape index (κ2) is 5.64. The van der Waals surface area contributed by atoms with E-state index in [1.165, 1.54) is 14.6 Å². The number of hydrogen-bond acceptors (Lipinski definition) is 1. The van der Waals surface area contributed by atoms with E-state index in [0.29, 0.717) is 0 Å². The summed E-state index contributed by atoms with van der Waals surface area (Å²) in [6, 6.07) is 20.9. The molecule has 0 bridgehead atoms. The van der Waals surface area contributed by atoms with Crippen molar-refractivity contribution in [2.45, 2.75) is 0 Å². The first kappa shape index (κ1) is 11.1. The molecule has 2 heteroatoms. The van der Waals surface area contributed by atoms with Gasteiger partial charge in [0, 0.05) is 0 Å².